The van der Waals surface area contributed by atoms with Crippen molar-refractivity contribution in [1.82, 2.24) is 4.90 Å². The first kappa shape index (κ1) is 8.01. The largest absolute Gasteiger partial charge is 0.477 e. The minimum atomic E-state index is -0.648. The molecule has 3 aliphatic heterocycles. The fraction of sp³-hybridized carbons (Fsp3) is 0.875. The lowest BCUT2D eigenvalue weighted by Crippen LogP contribution is -2.68. The van der Waals surface area contributed by atoms with E-state index in [-0.39, 0.29) is 0 Å². The number of aliphatic carboxylic acids is 1. The van der Waals surface area contributed by atoms with Crippen molar-refractivity contribution in [1.29, 1.82) is 0 Å². The van der Waals surface area contributed by atoms with Crippen molar-refractivity contribution < 1.29 is 14.4 Å². The normalized spacial score (nSPS) is 39.8. The summed E-state index contributed by atoms with van der Waals surface area (Å²) in [4.78, 5) is 13.0. The molecule has 0 aromatic rings. The Bertz CT molecular complexity index is 183. The Morgan fingerprint density at radius 3 is 2.17 bits per heavy atom. The summed E-state index contributed by atoms with van der Waals surface area (Å²) >= 11 is 0. The maximum Gasteiger partial charge on any atom is 0.359 e. The molecule has 4 nitrogen and oxygen atoms in total. The molecule has 2 bridgehead atoms. The van der Waals surface area contributed by atoms with Crippen LogP contribution in [0.3, 0.4) is 0 Å². The second-order valence-corrected chi connectivity index (χ2v) is 3.91. The number of hydrogen-bond donors (Lipinski definition) is 1. The van der Waals surface area contributed by atoms with Gasteiger partial charge in [-0.05, 0) is 0 Å². The number of fused-ring (bicyclic) bond motifs is 3. The molecule has 0 amide bonds. The third-order valence-electron chi connectivity index (χ3n) is 3.14. The molecule has 0 saturated carbocycles. The molecule has 3 heterocycles. The van der Waals surface area contributed by atoms with Crippen molar-refractivity contribution in [3.63, 3.8) is 0 Å². The third kappa shape index (κ3) is 1.32. The number of carboxylic acids is 1. The fourth-order valence-corrected chi connectivity index (χ4v) is 2.26. The van der Waals surface area contributed by atoms with E-state index in [1.807, 2.05) is 0 Å². The second-order valence-electron chi connectivity index (χ2n) is 3.91. The van der Waals surface area contributed by atoms with Crippen molar-refractivity contribution >= 4 is 5.97 Å². The van der Waals surface area contributed by atoms with E-state index in [2.05, 4.69) is 4.90 Å². The summed E-state index contributed by atoms with van der Waals surface area (Å²) in [6, 6.07) is 0. The molecule has 3 rings (SSSR count). The van der Waals surface area contributed by atoms with Crippen LogP contribution in [-0.4, -0.2) is 66.3 Å². The second kappa shape index (κ2) is 2.71. The van der Waals surface area contributed by atoms with Gasteiger partial charge in [0.05, 0.1) is 19.6 Å². The highest BCUT2D eigenvalue weighted by Crippen LogP contribution is 2.18. The molecule has 0 radical (unpaired) electrons. The molecule has 3 aliphatic rings. The Morgan fingerprint density at radius 2 is 1.75 bits per heavy atom. The van der Waals surface area contributed by atoms with Gasteiger partial charge < -0.3 is 9.59 Å². The average Bonchev–Trinajstić information content (AvgIpc) is 2.05. The van der Waals surface area contributed by atoms with Gasteiger partial charge in [0.1, 0.15) is 0 Å². The quantitative estimate of drug-likeness (QED) is 0.554. The molecule has 68 valence electrons. The summed E-state index contributed by atoms with van der Waals surface area (Å²) in [7, 11) is 0. The lowest BCUT2D eigenvalue weighted by molar-refractivity contribution is -0.934. The molecular formula is C8H15N2O2+. The maximum absolute atomic E-state index is 10.6. The zero-order valence-electron chi connectivity index (χ0n) is 7.20. The first-order chi connectivity index (χ1) is 5.70. The molecule has 0 atom stereocenters. The first-order valence-corrected chi connectivity index (χ1v) is 4.49. The Morgan fingerprint density at radius 1 is 1.25 bits per heavy atom. The summed E-state index contributed by atoms with van der Waals surface area (Å²) in [6.07, 6.45) is 0. The van der Waals surface area contributed by atoms with E-state index in [1.54, 1.807) is 0 Å². The van der Waals surface area contributed by atoms with Gasteiger partial charge in [0.25, 0.3) is 0 Å². The van der Waals surface area contributed by atoms with Gasteiger partial charge >= 0.3 is 5.97 Å². The van der Waals surface area contributed by atoms with E-state index in [0.29, 0.717) is 6.54 Å². The Hall–Kier alpha value is -0.610. The molecule has 3 fully saturated rings. The predicted molar refractivity (Wildman–Crippen MR) is 43.8 cm³/mol. The van der Waals surface area contributed by atoms with Crippen molar-refractivity contribution in [2.24, 2.45) is 0 Å². The Labute approximate surface area is 72.0 Å². The summed E-state index contributed by atoms with van der Waals surface area (Å²) in [6.45, 7) is 6.70. The molecule has 0 unspecified atom stereocenters. The van der Waals surface area contributed by atoms with E-state index in [1.165, 1.54) is 0 Å². The van der Waals surface area contributed by atoms with Gasteiger partial charge in [-0.2, -0.15) is 0 Å². The fourth-order valence-electron chi connectivity index (χ4n) is 2.26. The monoisotopic (exact) mass is 171 g/mol. The number of quaternary nitrogens is 1. The molecular weight excluding hydrogens is 156 g/mol. The first-order valence-electron chi connectivity index (χ1n) is 4.49. The zero-order valence-corrected chi connectivity index (χ0v) is 7.20. The van der Waals surface area contributed by atoms with Crippen LogP contribution in [0.25, 0.3) is 0 Å². The van der Waals surface area contributed by atoms with E-state index < -0.39 is 5.97 Å². The third-order valence-corrected chi connectivity index (χ3v) is 3.14. The lowest BCUT2D eigenvalue weighted by atomic mass is 10.1. The lowest BCUT2D eigenvalue weighted by Gasteiger charge is -2.49. The molecule has 0 spiro atoms. The van der Waals surface area contributed by atoms with Crippen LogP contribution in [-0.2, 0) is 4.79 Å². The Kier molecular flexibility index (Phi) is 1.81. The minimum Gasteiger partial charge on any atom is -0.477 e. The summed E-state index contributed by atoms with van der Waals surface area (Å²) in [5, 5.41) is 8.75. The molecule has 3 saturated heterocycles. The van der Waals surface area contributed by atoms with Crippen LogP contribution in [0.15, 0.2) is 0 Å². The highest BCUT2D eigenvalue weighted by Gasteiger charge is 2.39. The molecule has 1 N–H and O–H groups in total. The predicted octanol–water partition coefficient (Wildman–Crippen LogP) is -0.783. The van der Waals surface area contributed by atoms with E-state index in [4.69, 9.17) is 5.11 Å². The van der Waals surface area contributed by atoms with Gasteiger partial charge in [0.15, 0.2) is 6.54 Å². The van der Waals surface area contributed by atoms with E-state index in [0.717, 1.165) is 43.8 Å². The highest BCUT2D eigenvalue weighted by atomic mass is 16.4. The molecule has 12 heavy (non-hydrogen) atoms. The number of carboxylic acid groups (broad SMARTS) is 1. The average molecular weight is 171 g/mol. The molecule has 0 aromatic carbocycles. The number of carbonyl (C=O) groups is 1. The summed E-state index contributed by atoms with van der Waals surface area (Å²) in [5.41, 5.74) is 0. The van der Waals surface area contributed by atoms with E-state index >= 15 is 0 Å². The Balaban J connectivity index is 2.03. The maximum atomic E-state index is 10.6. The number of piperazine rings is 3. The SMILES string of the molecule is O=C(O)C[N+]12CCN(CC1)CC2. The number of hydrogen-bond acceptors (Lipinski definition) is 2. The van der Waals surface area contributed by atoms with Crippen LogP contribution < -0.4 is 0 Å². The summed E-state index contributed by atoms with van der Waals surface area (Å²) < 4.78 is 0.825. The van der Waals surface area contributed by atoms with Crippen LogP contribution in [0.2, 0.25) is 0 Å². The molecule has 4 heteroatoms. The summed E-state index contributed by atoms with van der Waals surface area (Å²) in [5.74, 6) is -0.648. The van der Waals surface area contributed by atoms with E-state index in [9.17, 15) is 4.79 Å². The molecule has 0 aromatic heterocycles. The smallest absolute Gasteiger partial charge is 0.359 e. The van der Waals surface area contributed by atoms with Gasteiger partial charge in [0.2, 0.25) is 0 Å². The van der Waals surface area contributed by atoms with Gasteiger partial charge in [-0.1, -0.05) is 0 Å². The standard InChI is InChI=1S/C8H14N2O2/c11-8(12)7-10-4-1-9(2-5-10)3-6-10/h1-7H2/p+1. The van der Waals surface area contributed by atoms with Crippen molar-refractivity contribution in [3.8, 4) is 0 Å². The van der Waals surface area contributed by atoms with Crippen LogP contribution in [0, 0.1) is 0 Å². The van der Waals surface area contributed by atoms with Gasteiger partial charge in [-0.3, -0.25) is 4.90 Å². The van der Waals surface area contributed by atoms with Crippen LogP contribution in [0.4, 0.5) is 0 Å². The minimum absolute atomic E-state index is 0.327. The number of rotatable bonds is 2. The number of nitrogens with zero attached hydrogens (tertiary/aromatic N) is 2. The van der Waals surface area contributed by atoms with Crippen molar-refractivity contribution in [2.45, 2.75) is 0 Å². The van der Waals surface area contributed by atoms with Crippen LogP contribution in [0.1, 0.15) is 0 Å². The topological polar surface area (TPSA) is 40.5 Å². The van der Waals surface area contributed by atoms with Crippen LogP contribution >= 0.6 is 0 Å². The zero-order chi connectivity index (χ0) is 8.60. The molecule has 0 aliphatic carbocycles. The van der Waals surface area contributed by atoms with Gasteiger partial charge in [0, 0.05) is 19.6 Å². The van der Waals surface area contributed by atoms with Crippen molar-refractivity contribution in [3.05, 3.63) is 0 Å². The van der Waals surface area contributed by atoms with Crippen LogP contribution in [0.5, 0.6) is 0 Å². The highest BCUT2D eigenvalue weighted by molar-refractivity contribution is 5.68. The van der Waals surface area contributed by atoms with Crippen molar-refractivity contribution in [2.75, 3.05) is 45.8 Å². The van der Waals surface area contributed by atoms with Gasteiger partial charge in [-0.25, -0.2) is 4.79 Å². The van der Waals surface area contributed by atoms with Gasteiger partial charge in [-0.15, -0.1) is 0 Å².